The Morgan fingerprint density at radius 1 is 1.32 bits per heavy atom. The third-order valence-electron chi connectivity index (χ3n) is 2.42. The Kier molecular flexibility index (Phi) is 6.43. The number of anilines is 1. The minimum atomic E-state index is -0.269. The summed E-state index contributed by atoms with van der Waals surface area (Å²) in [6.45, 7) is 4.56. The van der Waals surface area contributed by atoms with E-state index in [-0.39, 0.29) is 12.0 Å². The van der Waals surface area contributed by atoms with E-state index in [4.69, 9.17) is 4.74 Å². The molecule has 0 unspecified atom stereocenters. The monoisotopic (exact) mass is 264 g/mol. The molecule has 1 aromatic rings. The van der Waals surface area contributed by atoms with E-state index >= 15 is 0 Å². The molecule has 2 amide bonds. The van der Waals surface area contributed by atoms with E-state index in [0.29, 0.717) is 26.0 Å². The Morgan fingerprint density at radius 3 is 2.79 bits per heavy atom. The van der Waals surface area contributed by atoms with Crippen molar-refractivity contribution in [3.63, 3.8) is 0 Å². The van der Waals surface area contributed by atoms with Gasteiger partial charge in [-0.25, -0.2) is 4.79 Å². The molecule has 2 N–H and O–H groups in total. The highest BCUT2D eigenvalue weighted by molar-refractivity contribution is 5.89. The van der Waals surface area contributed by atoms with E-state index in [2.05, 4.69) is 10.6 Å². The van der Waals surface area contributed by atoms with Gasteiger partial charge in [-0.3, -0.25) is 4.79 Å². The first kappa shape index (κ1) is 15.0. The molecule has 0 saturated heterocycles. The topological polar surface area (TPSA) is 67.4 Å². The number of aryl methyl sites for hydroxylation is 1. The van der Waals surface area contributed by atoms with Crippen molar-refractivity contribution in [3.8, 4) is 0 Å². The van der Waals surface area contributed by atoms with Crippen LogP contribution in [0, 0.1) is 6.92 Å². The fourth-order valence-corrected chi connectivity index (χ4v) is 1.57. The van der Waals surface area contributed by atoms with Gasteiger partial charge in [0.2, 0.25) is 0 Å². The normalized spacial score (nSPS) is 9.79. The summed E-state index contributed by atoms with van der Waals surface area (Å²) in [5, 5.41) is 5.42. The molecule has 5 nitrogen and oxygen atoms in total. The number of benzene rings is 1. The molecule has 0 atom stereocenters. The van der Waals surface area contributed by atoms with Gasteiger partial charge in [-0.2, -0.15) is 0 Å². The maximum Gasteiger partial charge on any atom is 0.319 e. The lowest BCUT2D eigenvalue weighted by Gasteiger charge is -2.08. The molecule has 0 saturated carbocycles. The third kappa shape index (κ3) is 6.45. The van der Waals surface area contributed by atoms with Crippen molar-refractivity contribution in [3.05, 3.63) is 29.8 Å². The first-order chi connectivity index (χ1) is 9.11. The second-order valence-corrected chi connectivity index (χ2v) is 4.16. The third-order valence-corrected chi connectivity index (χ3v) is 2.42. The van der Waals surface area contributed by atoms with Crippen LogP contribution in [0.3, 0.4) is 0 Å². The number of hydrogen-bond acceptors (Lipinski definition) is 3. The number of carbonyl (C=O) groups excluding carboxylic acids is 2. The zero-order valence-electron chi connectivity index (χ0n) is 11.4. The summed E-state index contributed by atoms with van der Waals surface area (Å²) in [7, 11) is 0. The highest BCUT2D eigenvalue weighted by atomic mass is 16.5. The van der Waals surface area contributed by atoms with Crippen molar-refractivity contribution in [1.82, 2.24) is 5.32 Å². The van der Waals surface area contributed by atoms with Gasteiger partial charge in [-0.1, -0.05) is 12.1 Å². The zero-order chi connectivity index (χ0) is 14.1. The number of hydrogen-bond donors (Lipinski definition) is 2. The Labute approximate surface area is 113 Å². The zero-order valence-corrected chi connectivity index (χ0v) is 11.4. The van der Waals surface area contributed by atoms with E-state index in [1.807, 2.05) is 31.2 Å². The van der Waals surface area contributed by atoms with Gasteiger partial charge < -0.3 is 15.4 Å². The van der Waals surface area contributed by atoms with Crippen LogP contribution in [0.25, 0.3) is 0 Å². The molecule has 0 heterocycles. The Hall–Kier alpha value is -2.04. The molecule has 1 aromatic carbocycles. The molecule has 0 fully saturated rings. The van der Waals surface area contributed by atoms with Crippen LogP contribution >= 0.6 is 0 Å². The predicted octanol–water partition coefficient (Wildman–Crippen LogP) is 2.46. The molecular weight excluding hydrogens is 244 g/mol. The van der Waals surface area contributed by atoms with Gasteiger partial charge >= 0.3 is 12.0 Å². The van der Waals surface area contributed by atoms with Crippen LogP contribution < -0.4 is 10.6 Å². The molecular formula is C14H20N2O3. The standard InChI is InChI=1S/C14H20N2O3/c1-3-19-13(17)8-5-9-15-14(18)16-12-7-4-6-11(2)10-12/h4,6-7,10H,3,5,8-9H2,1-2H3,(H2,15,16,18). The number of amides is 2. The average Bonchev–Trinajstić information content (AvgIpc) is 2.35. The minimum Gasteiger partial charge on any atom is -0.466 e. The summed E-state index contributed by atoms with van der Waals surface area (Å²) < 4.78 is 4.79. The lowest BCUT2D eigenvalue weighted by molar-refractivity contribution is -0.143. The molecule has 5 heteroatoms. The van der Waals surface area contributed by atoms with E-state index in [1.165, 1.54) is 0 Å². The number of esters is 1. The van der Waals surface area contributed by atoms with Crippen LogP contribution in [0.4, 0.5) is 10.5 Å². The molecule has 0 aliphatic carbocycles. The highest BCUT2D eigenvalue weighted by Gasteiger charge is 2.03. The first-order valence-corrected chi connectivity index (χ1v) is 6.39. The summed E-state index contributed by atoms with van der Waals surface area (Å²) in [5.74, 6) is -0.233. The molecule has 0 bridgehead atoms. The Morgan fingerprint density at radius 2 is 2.11 bits per heavy atom. The summed E-state index contributed by atoms with van der Waals surface area (Å²) in [6, 6.07) is 7.28. The second kappa shape index (κ2) is 8.13. The lowest BCUT2D eigenvalue weighted by atomic mass is 10.2. The van der Waals surface area contributed by atoms with Crippen LogP contribution in [-0.2, 0) is 9.53 Å². The number of nitrogens with one attached hydrogen (secondary N) is 2. The van der Waals surface area contributed by atoms with Gasteiger partial charge in [-0.05, 0) is 38.0 Å². The fraction of sp³-hybridized carbons (Fsp3) is 0.429. The quantitative estimate of drug-likeness (QED) is 0.612. The Balaban J connectivity index is 2.20. The predicted molar refractivity (Wildman–Crippen MR) is 74.1 cm³/mol. The van der Waals surface area contributed by atoms with Crippen molar-refractivity contribution in [2.24, 2.45) is 0 Å². The second-order valence-electron chi connectivity index (χ2n) is 4.16. The largest absolute Gasteiger partial charge is 0.466 e. The Bertz CT molecular complexity index is 432. The highest BCUT2D eigenvalue weighted by Crippen LogP contribution is 2.08. The maximum absolute atomic E-state index is 11.6. The van der Waals surface area contributed by atoms with Crippen LogP contribution in [0.2, 0.25) is 0 Å². The van der Waals surface area contributed by atoms with E-state index in [1.54, 1.807) is 6.92 Å². The number of rotatable bonds is 6. The smallest absolute Gasteiger partial charge is 0.319 e. The molecule has 0 aliphatic heterocycles. The van der Waals surface area contributed by atoms with E-state index in [0.717, 1.165) is 11.3 Å². The minimum absolute atomic E-state index is 0.233. The first-order valence-electron chi connectivity index (χ1n) is 6.39. The van der Waals surface area contributed by atoms with E-state index in [9.17, 15) is 9.59 Å². The summed E-state index contributed by atoms with van der Waals surface area (Å²) in [4.78, 5) is 22.6. The summed E-state index contributed by atoms with van der Waals surface area (Å²) in [6.07, 6.45) is 0.888. The molecule has 1 rings (SSSR count). The van der Waals surface area contributed by atoms with Crippen molar-refractivity contribution in [2.45, 2.75) is 26.7 Å². The van der Waals surface area contributed by atoms with Crippen molar-refractivity contribution in [2.75, 3.05) is 18.5 Å². The molecule has 0 radical (unpaired) electrons. The van der Waals surface area contributed by atoms with Crippen LogP contribution in [-0.4, -0.2) is 25.2 Å². The number of carbonyl (C=O) groups is 2. The molecule has 0 aliphatic rings. The summed E-state index contributed by atoms with van der Waals surface area (Å²) in [5.41, 5.74) is 1.84. The van der Waals surface area contributed by atoms with Gasteiger partial charge in [0.15, 0.2) is 0 Å². The van der Waals surface area contributed by atoms with Crippen molar-refractivity contribution >= 4 is 17.7 Å². The van der Waals surface area contributed by atoms with Gasteiger partial charge in [0.05, 0.1) is 6.61 Å². The number of ether oxygens (including phenoxy) is 1. The van der Waals surface area contributed by atoms with Gasteiger partial charge in [0, 0.05) is 18.7 Å². The molecule has 19 heavy (non-hydrogen) atoms. The molecule has 104 valence electrons. The van der Waals surface area contributed by atoms with Gasteiger partial charge in [0.25, 0.3) is 0 Å². The average molecular weight is 264 g/mol. The van der Waals surface area contributed by atoms with Crippen molar-refractivity contribution < 1.29 is 14.3 Å². The van der Waals surface area contributed by atoms with Gasteiger partial charge in [-0.15, -0.1) is 0 Å². The molecule has 0 spiro atoms. The summed E-state index contributed by atoms with van der Waals surface area (Å²) >= 11 is 0. The maximum atomic E-state index is 11.6. The fourth-order valence-electron chi connectivity index (χ4n) is 1.57. The van der Waals surface area contributed by atoms with Crippen molar-refractivity contribution in [1.29, 1.82) is 0 Å². The van der Waals surface area contributed by atoms with E-state index < -0.39 is 0 Å². The van der Waals surface area contributed by atoms with Crippen LogP contribution in [0.5, 0.6) is 0 Å². The van der Waals surface area contributed by atoms with Gasteiger partial charge in [0.1, 0.15) is 0 Å². The number of urea groups is 1. The van der Waals surface area contributed by atoms with Crippen LogP contribution in [0.15, 0.2) is 24.3 Å². The van der Waals surface area contributed by atoms with Crippen LogP contribution in [0.1, 0.15) is 25.3 Å². The SMILES string of the molecule is CCOC(=O)CCCNC(=O)Nc1cccc(C)c1. The lowest BCUT2D eigenvalue weighted by Crippen LogP contribution is -2.29. The molecule has 0 aromatic heterocycles.